The maximum Gasteiger partial charge on any atom is 0.191 e. The van der Waals surface area contributed by atoms with Gasteiger partial charge >= 0.3 is 0 Å². The molecule has 1 unspecified atom stereocenters. The highest BCUT2D eigenvalue weighted by atomic mass is 127. The fraction of sp³-hybridized carbons (Fsp3) is 0.565. The van der Waals surface area contributed by atoms with Crippen LogP contribution in [0, 0.1) is 13.8 Å². The number of aromatic nitrogens is 1. The molecule has 2 N–H and O–H groups in total. The van der Waals surface area contributed by atoms with Gasteiger partial charge in [0.2, 0.25) is 0 Å². The summed E-state index contributed by atoms with van der Waals surface area (Å²) in [6.45, 7) is 12.2. The lowest BCUT2D eigenvalue weighted by Crippen LogP contribution is -2.38. The van der Waals surface area contributed by atoms with Crippen LogP contribution in [0.1, 0.15) is 61.7 Å². The maximum absolute atomic E-state index is 5.25. The van der Waals surface area contributed by atoms with Crippen LogP contribution in [0.2, 0.25) is 0 Å². The first kappa shape index (κ1) is 24.5. The number of halogens is 1. The standard InChI is InChI=1S/C23H35N5O.HI/c1-5-24-23(25-13-9-12-22-18(3)27-29-19(22)4)26-17(2)20-10-8-11-21(16-20)28-14-6-7-15-28;/h8,10-11,16-17H,5-7,9,12-15H2,1-4H3,(H2,24,25,26);1H. The Morgan fingerprint density at radius 3 is 2.70 bits per heavy atom. The van der Waals surface area contributed by atoms with Crippen molar-refractivity contribution in [3.63, 3.8) is 0 Å². The van der Waals surface area contributed by atoms with Gasteiger partial charge in [-0.15, -0.1) is 24.0 Å². The second kappa shape index (κ2) is 12.2. The number of benzene rings is 1. The van der Waals surface area contributed by atoms with Gasteiger partial charge in [-0.05, 0) is 71.1 Å². The van der Waals surface area contributed by atoms with Gasteiger partial charge in [0.25, 0.3) is 0 Å². The monoisotopic (exact) mass is 525 g/mol. The van der Waals surface area contributed by atoms with Gasteiger partial charge in [-0.3, -0.25) is 4.99 Å². The van der Waals surface area contributed by atoms with Crippen molar-refractivity contribution in [1.82, 2.24) is 15.8 Å². The number of guanidine groups is 1. The zero-order valence-corrected chi connectivity index (χ0v) is 21.0. The Morgan fingerprint density at radius 1 is 1.27 bits per heavy atom. The lowest BCUT2D eigenvalue weighted by Gasteiger charge is -2.22. The van der Waals surface area contributed by atoms with Crippen molar-refractivity contribution in [2.75, 3.05) is 31.1 Å². The van der Waals surface area contributed by atoms with Gasteiger partial charge in [-0.2, -0.15) is 0 Å². The van der Waals surface area contributed by atoms with E-state index in [1.54, 1.807) is 0 Å². The fourth-order valence-electron chi connectivity index (χ4n) is 3.88. The van der Waals surface area contributed by atoms with E-state index in [0.29, 0.717) is 0 Å². The molecule has 1 saturated heterocycles. The van der Waals surface area contributed by atoms with Gasteiger partial charge in [-0.1, -0.05) is 17.3 Å². The Morgan fingerprint density at radius 2 is 2.03 bits per heavy atom. The number of hydrogen-bond donors (Lipinski definition) is 2. The van der Waals surface area contributed by atoms with Crippen molar-refractivity contribution in [3.05, 3.63) is 46.8 Å². The topological polar surface area (TPSA) is 65.7 Å². The third kappa shape index (κ3) is 6.62. The second-order valence-electron chi connectivity index (χ2n) is 7.82. The largest absolute Gasteiger partial charge is 0.372 e. The molecule has 1 aromatic carbocycles. The van der Waals surface area contributed by atoms with E-state index in [1.165, 1.54) is 42.7 Å². The van der Waals surface area contributed by atoms with Crippen molar-refractivity contribution < 1.29 is 4.52 Å². The van der Waals surface area contributed by atoms with Gasteiger partial charge < -0.3 is 20.1 Å². The van der Waals surface area contributed by atoms with E-state index in [9.17, 15) is 0 Å². The summed E-state index contributed by atoms with van der Waals surface area (Å²) < 4.78 is 5.25. The van der Waals surface area contributed by atoms with Crippen LogP contribution in [0.3, 0.4) is 0 Å². The third-order valence-electron chi connectivity index (χ3n) is 5.57. The minimum atomic E-state index is 0. The molecule has 2 aromatic rings. The number of rotatable bonds is 8. The second-order valence-corrected chi connectivity index (χ2v) is 7.82. The van der Waals surface area contributed by atoms with Crippen LogP contribution < -0.4 is 15.5 Å². The smallest absolute Gasteiger partial charge is 0.191 e. The number of anilines is 1. The molecule has 30 heavy (non-hydrogen) atoms. The van der Waals surface area contributed by atoms with Crippen molar-refractivity contribution in [1.29, 1.82) is 0 Å². The quantitative estimate of drug-likeness (QED) is 0.225. The third-order valence-corrected chi connectivity index (χ3v) is 5.57. The molecule has 3 rings (SSSR count). The van der Waals surface area contributed by atoms with E-state index < -0.39 is 0 Å². The Bertz CT molecular complexity index is 794. The molecular formula is C23H36IN5O. The van der Waals surface area contributed by atoms with E-state index in [-0.39, 0.29) is 30.0 Å². The fourth-order valence-corrected chi connectivity index (χ4v) is 3.88. The van der Waals surface area contributed by atoms with Gasteiger partial charge in [-0.25, -0.2) is 0 Å². The van der Waals surface area contributed by atoms with Gasteiger partial charge in [0, 0.05) is 37.4 Å². The first-order valence-electron chi connectivity index (χ1n) is 10.9. The summed E-state index contributed by atoms with van der Waals surface area (Å²) in [6, 6.07) is 9.07. The summed E-state index contributed by atoms with van der Waals surface area (Å²) in [5, 5.41) is 11.0. The predicted molar refractivity (Wildman–Crippen MR) is 135 cm³/mol. The Kier molecular flexibility index (Phi) is 9.94. The molecular weight excluding hydrogens is 489 g/mol. The molecule has 0 amide bonds. The SMILES string of the molecule is CCNC(=NCCCc1c(C)noc1C)NC(C)c1cccc(N2CCCC2)c1.I. The molecule has 1 aliphatic heterocycles. The summed E-state index contributed by atoms with van der Waals surface area (Å²) in [7, 11) is 0. The van der Waals surface area contributed by atoms with E-state index in [1.807, 2.05) is 13.8 Å². The first-order chi connectivity index (χ1) is 14.1. The molecule has 0 bridgehead atoms. The molecule has 1 atom stereocenters. The highest BCUT2D eigenvalue weighted by Gasteiger charge is 2.14. The van der Waals surface area contributed by atoms with E-state index >= 15 is 0 Å². The Balaban J connectivity index is 0.00000320. The van der Waals surface area contributed by atoms with Crippen LogP contribution in [-0.2, 0) is 6.42 Å². The van der Waals surface area contributed by atoms with E-state index in [4.69, 9.17) is 9.52 Å². The number of hydrogen-bond acceptors (Lipinski definition) is 4. The normalized spacial score (nSPS) is 15.1. The summed E-state index contributed by atoms with van der Waals surface area (Å²) in [5.41, 5.74) is 4.82. The summed E-state index contributed by atoms with van der Waals surface area (Å²) in [4.78, 5) is 7.25. The molecule has 7 heteroatoms. The zero-order valence-electron chi connectivity index (χ0n) is 18.7. The van der Waals surface area contributed by atoms with Crippen molar-refractivity contribution in [2.24, 2.45) is 4.99 Å². The Hall–Kier alpha value is -1.77. The molecule has 166 valence electrons. The molecule has 0 aliphatic carbocycles. The van der Waals surface area contributed by atoms with Crippen LogP contribution in [0.4, 0.5) is 5.69 Å². The maximum atomic E-state index is 5.25. The lowest BCUT2D eigenvalue weighted by atomic mass is 10.1. The van der Waals surface area contributed by atoms with Crippen molar-refractivity contribution in [3.8, 4) is 0 Å². The zero-order chi connectivity index (χ0) is 20.6. The number of aliphatic imine (C=N–C) groups is 1. The number of nitrogens with zero attached hydrogens (tertiary/aromatic N) is 3. The summed E-state index contributed by atoms with van der Waals surface area (Å²) >= 11 is 0. The van der Waals surface area contributed by atoms with Gasteiger partial charge in [0.05, 0.1) is 11.7 Å². The lowest BCUT2D eigenvalue weighted by molar-refractivity contribution is 0.392. The van der Waals surface area contributed by atoms with Gasteiger partial charge in [0.1, 0.15) is 5.76 Å². The summed E-state index contributed by atoms with van der Waals surface area (Å²) in [6.07, 6.45) is 4.50. The van der Waals surface area contributed by atoms with Crippen LogP contribution in [-0.4, -0.2) is 37.3 Å². The molecule has 0 spiro atoms. The van der Waals surface area contributed by atoms with Crippen molar-refractivity contribution in [2.45, 2.75) is 59.4 Å². The average Bonchev–Trinajstić information content (AvgIpc) is 3.36. The minimum Gasteiger partial charge on any atom is -0.372 e. The van der Waals surface area contributed by atoms with E-state index in [0.717, 1.165) is 43.3 Å². The predicted octanol–water partition coefficient (Wildman–Crippen LogP) is 4.76. The van der Waals surface area contributed by atoms with Crippen molar-refractivity contribution >= 4 is 35.6 Å². The van der Waals surface area contributed by atoms with Gasteiger partial charge in [0.15, 0.2) is 5.96 Å². The average molecular weight is 525 g/mol. The molecule has 0 radical (unpaired) electrons. The molecule has 1 aromatic heterocycles. The molecule has 6 nitrogen and oxygen atoms in total. The summed E-state index contributed by atoms with van der Waals surface area (Å²) in [5.74, 6) is 1.79. The van der Waals surface area contributed by atoms with Crippen LogP contribution in [0.25, 0.3) is 0 Å². The molecule has 0 saturated carbocycles. The highest BCUT2D eigenvalue weighted by Crippen LogP contribution is 2.24. The highest BCUT2D eigenvalue weighted by molar-refractivity contribution is 14.0. The minimum absolute atomic E-state index is 0. The van der Waals surface area contributed by atoms with Crippen LogP contribution in [0.5, 0.6) is 0 Å². The number of aryl methyl sites for hydroxylation is 2. The molecule has 1 fully saturated rings. The molecule has 1 aliphatic rings. The first-order valence-corrected chi connectivity index (χ1v) is 10.9. The van der Waals surface area contributed by atoms with Crippen LogP contribution >= 0.6 is 24.0 Å². The number of nitrogens with one attached hydrogen (secondary N) is 2. The van der Waals surface area contributed by atoms with Crippen LogP contribution in [0.15, 0.2) is 33.8 Å². The Labute approximate surface area is 197 Å². The molecule has 2 heterocycles. The van der Waals surface area contributed by atoms with E-state index in [2.05, 4.69) is 58.8 Å².